The van der Waals surface area contributed by atoms with Crippen LogP contribution in [0.1, 0.15) is 16.9 Å². The summed E-state index contributed by atoms with van der Waals surface area (Å²) in [5, 5.41) is 13.2. The fraction of sp³-hybridized carbons (Fsp3) is 0.333. The van der Waals surface area contributed by atoms with Crippen molar-refractivity contribution in [3.8, 4) is 10.6 Å². The number of carbonyl (C=O) groups is 1. The summed E-state index contributed by atoms with van der Waals surface area (Å²) in [6.07, 6.45) is 0.170. The first-order valence-corrected chi connectivity index (χ1v) is 7.02. The topological polar surface area (TPSA) is 66.6 Å². The largest absolute Gasteiger partial charge is 0.391 e. The second-order valence-corrected chi connectivity index (χ2v) is 6.09. The summed E-state index contributed by atoms with van der Waals surface area (Å²) in [6.45, 7) is 0.902. The van der Waals surface area contributed by atoms with Gasteiger partial charge in [0.05, 0.1) is 15.3 Å². The highest BCUT2D eigenvalue weighted by molar-refractivity contribution is 7.19. The molecule has 1 fully saturated rings. The van der Waals surface area contributed by atoms with Gasteiger partial charge in [-0.25, -0.2) is 0 Å². The van der Waals surface area contributed by atoms with Crippen LogP contribution in [0.15, 0.2) is 22.7 Å². The van der Waals surface area contributed by atoms with E-state index in [9.17, 15) is 9.90 Å². The van der Waals surface area contributed by atoms with Gasteiger partial charge in [0, 0.05) is 19.2 Å². The second kappa shape index (κ2) is 4.96. The smallest absolute Gasteiger partial charge is 0.276 e. The minimum atomic E-state index is -0.438. The summed E-state index contributed by atoms with van der Waals surface area (Å²) in [5.74, 6) is 0.314. The van der Waals surface area contributed by atoms with Gasteiger partial charge >= 0.3 is 0 Å². The second-order valence-electron chi connectivity index (χ2n) is 4.37. The Kier molecular flexibility index (Phi) is 3.30. The maximum absolute atomic E-state index is 12.1. The fourth-order valence-corrected chi connectivity index (χ4v) is 3.02. The van der Waals surface area contributed by atoms with E-state index in [4.69, 9.17) is 16.1 Å². The van der Waals surface area contributed by atoms with Crippen LogP contribution in [-0.4, -0.2) is 40.3 Å². The van der Waals surface area contributed by atoms with Crippen LogP contribution in [0.25, 0.3) is 10.6 Å². The standard InChI is InChI=1S/C12H11ClN2O3S/c13-11-2-1-10(19-11)9-5-8(14-18-9)12(17)15-4-3-7(16)6-15/h1-2,5,7,16H,3-4,6H2/t7-/m1/s1. The molecule has 1 N–H and O–H groups in total. The lowest BCUT2D eigenvalue weighted by atomic mass is 10.3. The van der Waals surface area contributed by atoms with E-state index in [1.807, 2.05) is 6.07 Å². The van der Waals surface area contributed by atoms with Crippen LogP contribution in [0, 0.1) is 0 Å². The molecule has 1 saturated heterocycles. The highest BCUT2D eigenvalue weighted by atomic mass is 35.5. The molecule has 0 saturated carbocycles. The maximum Gasteiger partial charge on any atom is 0.276 e. The first-order valence-electron chi connectivity index (χ1n) is 5.83. The molecule has 2 aromatic heterocycles. The Hall–Kier alpha value is -1.37. The number of nitrogens with zero attached hydrogens (tertiary/aromatic N) is 2. The molecular formula is C12H11ClN2O3S. The summed E-state index contributed by atoms with van der Waals surface area (Å²) in [7, 11) is 0. The predicted molar refractivity (Wildman–Crippen MR) is 71.4 cm³/mol. The molecule has 3 rings (SSSR count). The summed E-state index contributed by atoms with van der Waals surface area (Å²) < 4.78 is 5.82. The highest BCUT2D eigenvalue weighted by Gasteiger charge is 2.27. The minimum Gasteiger partial charge on any atom is -0.391 e. The van der Waals surface area contributed by atoms with Crippen molar-refractivity contribution in [3.05, 3.63) is 28.2 Å². The van der Waals surface area contributed by atoms with E-state index in [-0.39, 0.29) is 11.6 Å². The summed E-state index contributed by atoms with van der Waals surface area (Å²) in [6, 6.07) is 5.19. The van der Waals surface area contributed by atoms with Gasteiger partial charge in [0.1, 0.15) is 0 Å². The van der Waals surface area contributed by atoms with E-state index in [0.717, 1.165) is 4.88 Å². The van der Waals surface area contributed by atoms with Gasteiger partial charge in [-0.2, -0.15) is 0 Å². The summed E-state index contributed by atoms with van der Waals surface area (Å²) in [5.41, 5.74) is 0.258. The molecule has 1 amide bonds. The maximum atomic E-state index is 12.1. The number of amides is 1. The SMILES string of the molecule is O=C(c1cc(-c2ccc(Cl)s2)on1)N1CC[C@@H](O)C1. The molecule has 1 aliphatic heterocycles. The van der Waals surface area contributed by atoms with Crippen molar-refractivity contribution in [2.24, 2.45) is 0 Å². The molecule has 0 aromatic carbocycles. The van der Waals surface area contributed by atoms with Crippen LogP contribution < -0.4 is 0 Å². The molecular weight excluding hydrogens is 288 g/mol. The van der Waals surface area contributed by atoms with Crippen LogP contribution in [0.2, 0.25) is 4.34 Å². The van der Waals surface area contributed by atoms with E-state index in [1.54, 1.807) is 17.0 Å². The number of β-amino-alcohol motifs (C(OH)–C–C–N with tert-alkyl or cyclic N) is 1. The van der Waals surface area contributed by atoms with Gasteiger partial charge in [-0.15, -0.1) is 11.3 Å². The molecule has 3 heterocycles. The Labute approximate surface area is 118 Å². The monoisotopic (exact) mass is 298 g/mol. The number of carbonyl (C=O) groups excluding carboxylic acids is 1. The van der Waals surface area contributed by atoms with E-state index < -0.39 is 6.10 Å². The Balaban J connectivity index is 1.79. The van der Waals surface area contributed by atoms with Crippen molar-refractivity contribution >= 4 is 28.8 Å². The normalized spacial score (nSPS) is 19.1. The van der Waals surface area contributed by atoms with Crippen molar-refractivity contribution in [1.82, 2.24) is 10.1 Å². The number of hydrogen-bond donors (Lipinski definition) is 1. The number of thiophene rings is 1. The average Bonchev–Trinajstić information content (AvgIpc) is 3.07. The number of aliphatic hydroxyl groups excluding tert-OH is 1. The van der Waals surface area contributed by atoms with Gasteiger partial charge in [0.2, 0.25) is 0 Å². The van der Waals surface area contributed by atoms with Crippen LogP contribution >= 0.6 is 22.9 Å². The molecule has 0 spiro atoms. The molecule has 100 valence electrons. The third kappa shape index (κ3) is 2.51. The molecule has 0 bridgehead atoms. The van der Waals surface area contributed by atoms with Crippen molar-refractivity contribution in [2.45, 2.75) is 12.5 Å². The number of aliphatic hydroxyl groups is 1. The lowest BCUT2D eigenvalue weighted by Crippen LogP contribution is -2.29. The van der Waals surface area contributed by atoms with Crippen LogP contribution in [0.3, 0.4) is 0 Å². The molecule has 0 aliphatic carbocycles. The zero-order valence-corrected chi connectivity index (χ0v) is 11.4. The lowest BCUT2D eigenvalue weighted by molar-refractivity contribution is 0.0755. The minimum absolute atomic E-state index is 0.214. The van der Waals surface area contributed by atoms with E-state index in [0.29, 0.717) is 29.6 Å². The van der Waals surface area contributed by atoms with E-state index in [2.05, 4.69) is 5.16 Å². The van der Waals surface area contributed by atoms with Gasteiger partial charge in [-0.3, -0.25) is 4.79 Å². The van der Waals surface area contributed by atoms with Crippen molar-refractivity contribution in [2.75, 3.05) is 13.1 Å². The number of halogens is 1. The summed E-state index contributed by atoms with van der Waals surface area (Å²) >= 11 is 7.22. The third-order valence-electron chi connectivity index (χ3n) is 3.00. The molecule has 1 atom stereocenters. The van der Waals surface area contributed by atoms with Crippen LogP contribution in [0.5, 0.6) is 0 Å². The number of aromatic nitrogens is 1. The van der Waals surface area contributed by atoms with Crippen molar-refractivity contribution < 1.29 is 14.4 Å². The molecule has 2 aromatic rings. The predicted octanol–water partition coefficient (Wildman–Crippen LogP) is 2.26. The zero-order valence-electron chi connectivity index (χ0n) is 9.88. The van der Waals surface area contributed by atoms with Gasteiger partial charge < -0.3 is 14.5 Å². The first-order chi connectivity index (χ1) is 9.13. The number of likely N-dealkylation sites (tertiary alicyclic amines) is 1. The number of rotatable bonds is 2. The molecule has 0 unspecified atom stereocenters. The van der Waals surface area contributed by atoms with Crippen LogP contribution in [0.4, 0.5) is 0 Å². The van der Waals surface area contributed by atoms with Gasteiger partial charge in [-0.1, -0.05) is 16.8 Å². The Morgan fingerprint density at radius 2 is 2.42 bits per heavy atom. The molecule has 1 aliphatic rings. The van der Waals surface area contributed by atoms with E-state index >= 15 is 0 Å². The average molecular weight is 299 g/mol. The molecule has 0 radical (unpaired) electrons. The first kappa shape index (κ1) is 12.7. The molecule has 7 heteroatoms. The van der Waals surface area contributed by atoms with Gasteiger partial charge in [0.25, 0.3) is 5.91 Å². The molecule has 19 heavy (non-hydrogen) atoms. The Morgan fingerprint density at radius 1 is 1.58 bits per heavy atom. The van der Waals surface area contributed by atoms with Gasteiger partial charge in [0.15, 0.2) is 11.5 Å². The Morgan fingerprint density at radius 3 is 3.05 bits per heavy atom. The fourth-order valence-electron chi connectivity index (χ4n) is 2.03. The lowest BCUT2D eigenvalue weighted by Gasteiger charge is -2.12. The van der Waals surface area contributed by atoms with Crippen LogP contribution in [-0.2, 0) is 0 Å². The zero-order chi connectivity index (χ0) is 13.4. The quantitative estimate of drug-likeness (QED) is 0.923. The number of hydrogen-bond acceptors (Lipinski definition) is 5. The van der Waals surface area contributed by atoms with Crippen molar-refractivity contribution in [3.63, 3.8) is 0 Å². The van der Waals surface area contributed by atoms with Crippen molar-refractivity contribution in [1.29, 1.82) is 0 Å². The summed E-state index contributed by atoms with van der Waals surface area (Å²) in [4.78, 5) is 14.5. The van der Waals surface area contributed by atoms with E-state index in [1.165, 1.54) is 11.3 Å². The van der Waals surface area contributed by atoms with Gasteiger partial charge in [-0.05, 0) is 18.6 Å². The third-order valence-corrected chi connectivity index (χ3v) is 4.24. The Bertz CT molecular complexity index is 610. The highest BCUT2D eigenvalue weighted by Crippen LogP contribution is 2.31. The molecule has 5 nitrogen and oxygen atoms in total.